The van der Waals surface area contributed by atoms with Crippen LogP contribution in [0.2, 0.25) is 5.02 Å². The van der Waals surface area contributed by atoms with Gasteiger partial charge < -0.3 is 11.1 Å². The standard InChI is InChI=1S/C12H14ClN3/c1-3-15-11-8-5-4-7(2)10(13)12(8)16-6-9(11)14/h4-6H,3,14H2,1-2H3,(H,15,16). The van der Waals surface area contributed by atoms with Gasteiger partial charge in [0.2, 0.25) is 0 Å². The minimum absolute atomic E-state index is 0.647. The fraction of sp³-hybridized carbons (Fsp3) is 0.250. The molecule has 0 saturated carbocycles. The average Bonchev–Trinajstić information content (AvgIpc) is 2.27. The van der Waals surface area contributed by atoms with Crippen LogP contribution in [0.5, 0.6) is 0 Å². The first kappa shape index (κ1) is 11.0. The molecule has 84 valence electrons. The Bertz CT molecular complexity index is 537. The second-order valence-electron chi connectivity index (χ2n) is 3.71. The molecule has 3 nitrogen and oxygen atoms in total. The van der Waals surface area contributed by atoms with Crippen LogP contribution in [-0.4, -0.2) is 11.5 Å². The van der Waals surface area contributed by atoms with Crippen molar-refractivity contribution >= 4 is 33.9 Å². The minimum atomic E-state index is 0.647. The molecule has 0 fully saturated rings. The maximum absolute atomic E-state index is 6.22. The maximum atomic E-state index is 6.22. The van der Waals surface area contributed by atoms with E-state index in [1.54, 1.807) is 6.20 Å². The molecule has 2 rings (SSSR count). The van der Waals surface area contributed by atoms with Crippen molar-refractivity contribution in [3.8, 4) is 0 Å². The van der Waals surface area contributed by atoms with Crippen molar-refractivity contribution in [3.05, 3.63) is 28.9 Å². The first-order valence-corrected chi connectivity index (χ1v) is 5.60. The number of fused-ring (bicyclic) bond motifs is 1. The molecule has 2 aromatic rings. The van der Waals surface area contributed by atoms with Gasteiger partial charge in [-0.25, -0.2) is 0 Å². The summed E-state index contributed by atoms with van der Waals surface area (Å²) in [4.78, 5) is 4.29. The smallest absolute Gasteiger partial charge is 0.0913 e. The van der Waals surface area contributed by atoms with Crippen molar-refractivity contribution in [3.63, 3.8) is 0 Å². The molecule has 0 aliphatic rings. The number of hydrogen-bond donors (Lipinski definition) is 2. The van der Waals surface area contributed by atoms with Crippen LogP contribution in [0.25, 0.3) is 10.9 Å². The number of nitrogens with zero attached hydrogens (tertiary/aromatic N) is 1. The number of hydrogen-bond acceptors (Lipinski definition) is 3. The quantitative estimate of drug-likeness (QED) is 0.841. The number of pyridine rings is 1. The van der Waals surface area contributed by atoms with E-state index in [0.717, 1.165) is 28.7 Å². The summed E-state index contributed by atoms with van der Waals surface area (Å²) in [6.07, 6.45) is 1.64. The Kier molecular flexibility index (Phi) is 2.88. The Labute approximate surface area is 99.6 Å². The van der Waals surface area contributed by atoms with Crippen molar-refractivity contribution in [1.82, 2.24) is 4.98 Å². The lowest BCUT2D eigenvalue weighted by molar-refractivity contribution is 1.21. The van der Waals surface area contributed by atoms with Gasteiger partial charge in [-0.15, -0.1) is 0 Å². The Hall–Kier alpha value is -1.48. The third-order valence-electron chi connectivity index (χ3n) is 2.55. The van der Waals surface area contributed by atoms with Gasteiger partial charge in [0.1, 0.15) is 0 Å². The molecule has 0 bridgehead atoms. The molecule has 1 aromatic carbocycles. The summed E-state index contributed by atoms with van der Waals surface area (Å²) in [5, 5.41) is 4.90. The number of aromatic nitrogens is 1. The Morgan fingerprint density at radius 3 is 2.88 bits per heavy atom. The van der Waals surface area contributed by atoms with Crippen LogP contribution in [-0.2, 0) is 0 Å². The summed E-state index contributed by atoms with van der Waals surface area (Å²) in [6.45, 7) is 4.81. The highest BCUT2D eigenvalue weighted by atomic mass is 35.5. The molecule has 16 heavy (non-hydrogen) atoms. The van der Waals surface area contributed by atoms with Gasteiger partial charge in [-0.3, -0.25) is 4.98 Å². The second-order valence-corrected chi connectivity index (χ2v) is 4.09. The molecule has 0 aliphatic carbocycles. The van der Waals surface area contributed by atoms with Gasteiger partial charge in [-0.05, 0) is 19.4 Å². The van der Waals surface area contributed by atoms with Crippen molar-refractivity contribution in [1.29, 1.82) is 0 Å². The molecule has 0 spiro atoms. The summed E-state index contributed by atoms with van der Waals surface area (Å²) in [5.41, 5.74) is 9.27. The number of benzene rings is 1. The van der Waals surface area contributed by atoms with Crippen LogP contribution in [0.1, 0.15) is 12.5 Å². The normalized spacial score (nSPS) is 10.7. The molecule has 4 heteroatoms. The van der Waals surface area contributed by atoms with Crippen molar-refractivity contribution in [2.24, 2.45) is 0 Å². The van der Waals surface area contributed by atoms with Crippen molar-refractivity contribution < 1.29 is 0 Å². The van der Waals surface area contributed by atoms with Crippen LogP contribution >= 0.6 is 11.6 Å². The summed E-state index contributed by atoms with van der Waals surface area (Å²) in [6, 6.07) is 3.98. The lowest BCUT2D eigenvalue weighted by atomic mass is 10.1. The monoisotopic (exact) mass is 235 g/mol. The summed E-state index contributed by atoms with van der Waals surface area (Å²) < 4.78 is 0. The highest BCUT2D eigenvalue weighted by Gasteiger charge is 2.09. The molecular formula is C12H14ClN3. The van der Waals surface area contributed by atoms with E-state index in [-0.39, 0.29) is 0 Å². The number of halogens is 1. The molecule has 3 N–H and O–H groups in total. The predicted molar refractivity (Wildman–Crippen MR) is 70.1 cm³/mol. The van der Waals surface area contributed by atoms with Gasteiger partial charge in [0, 0.05) is 11.9 Å². The van der Waals surface area contributed by atoms with Gasteiger partial charge in [0.05, 0.1) is 28.1 Å². The van der Waals surface area contributed by atoms with Crippen LogP contribution in [0, 0.1) is 6.92 Å². The van der Waals surface area contributed by atoms with E-state index in [1.807, 2.05) is 26.0 Å². The van der Waals surface area contributed by atoms with Gasteiger partial charge in [-0.2, -0.15) is 0 Å². The third kappa shape index (κ3) is 1.67. The number of nitrogen functional groups attached to an aromatic ring is 1. The van der Waals surface area contributed by atoms with E-state index >= 15 is 0 Å². The largest absolute Gasteiger partial charge is 0.396 e. The SMILES string of the molecule is CCNc1c(N)cnc2c(Cl)c(C)ccc12. The Morgan fingerprint density at radius 2 is 2.19 bits per heavy atom. The van der Waals surface area contributed by atoms with Gasteiger partial charge in [-0.1, -0.05) is 23.7 Å². The number of aryl methyl sites for hydroxylation is 1. The molecule has 1 aromatic heterocycles. The van der Waals surface area contributed by atoms with E-state index in [2.05, 4.69) is 10.3 Å². The summed E-state index contributed by atoms with van der Waals surface area (Å²) in [7, 11) is 0. The summed E-state index contributed by atoms with van der Waals surface area (Å²) in [5.74, 6) is 0. The molecule has 0 radical (unpaired) electrons. The first-order valence-electron chi connectivity index (χ1n) is 5.22. The molecule has 0 atom stereocenters. The molecule has 0 unspecified atom stereocenters. The maximum Gasteiger partial charge on any atom is 0.0913 e. The van der Waals surface area contributed by atoms with Gasteiger partial charge in [0.15, 0.2) is 0 Å². The van der Waals surface area contributed by atoms with E-state index in [0.29, 0.717) is 10.7 Å². The highest BCUT2D eigenvalue weighted by Crippen LogP contribution is 2.33. The Balaban J connectivity index is 2.78. The minimum Gasteiger partial charge on any atom is -0.396 e. The van der Waals surface area contributed by atoms with Crippen molar-refractivity contribution in [2.75, 3.05) is 17.6 Å². The fourth-order valence-electron chi connectivity index (χ4n) is 1.72. The zero-order chi connectivity index (χ0) is 11.7. The van der Waals surface area contributed by atoms with Crippen LogP contribution in [0.15, 0.2) is 18.3 Å². The molecular weight excluding hydrogens is 222 g/mol. The lowest BCUT2D eigenvalue weighted by Crippen LogP contribution is -2.02. The highest BCUT2D eigenvalue weighted by molar-refractivity contribution is 6.36. The lowest BCUT2D eigenvalue weighted by Gasteiger charge is -2.12. The van der Waals surface area contributed by atoms with E-state index < -0.39 is 0 Å². The number of nitrogens with one attached hydrogen (secondary N) is 1. The molecule has 0 saturated heterocycles. The zero-order valence-corrected chi connectivity index (χ0v) is 10.1. The average molecular weight is 236 g/mol. The van der Waals surface area contributed by atoms with E-state index in [1.165, 1.54) is 0 Å². The molecule has 0 aliphatic heterocycles. The van der Waals surface area contributed by atoms with Crippen molar-refractivity contribution in [2.45, 2.75) is 13.8 Å². The van der Waals surface area contributed by atoms with Gasteiger partial charge >= 0.3 is 0 Å². The zero-order valence-electron chi connectivity index (χ0n) is 9.34. The van der Waals surface area contributed by atoms with Crippen LogP contribution in [0.4, 0.5) is 11.4 Å². The fourth-order valence-corrected chi connectivity index (χ4v) is 1.94. The number of nitrogens with two attached hydrogens (primary N) is 1. The topological polar surface area (TPSA) is 50.9 Å². The third-order valence-corrected chi connectivity index (χ3v) is 3.03. The Morgan fingerprint density at radius 1 is 1.44 bits per heavy atom. The molecule has 0 amide bonds. The summed E-state index contributed by atoms with van der Waals surface area (Å²) >= 11 is 6.22. The first-order chi connectivity index (χ1) is 7.65. The van der Waals surface area contributed by atoms with Gasteiger partial charge in [0.25, 0.3) is 0 Å². The van der Waals surface area contributed by atoms with E-state index in [9.17, 15) is 0 Å². The molecule has 1 heterocycles. The number of anilines is 2. The van der Waals surface area contributed by atoms with Crippen LogP contribution in [0.3, 0.4) is 0 Å². The number of rotatable bonds is 2. The van der Waals surface area contributed by atoms with Crippen LogP contribution < -0.4 is 11.1 Å². The van der Waals surface area contributed by atoms with E-state index in [4.69, 9.17) is 17.3 Å². The predicted octanol–water partition coefficient (Wildman–Crippen LogP) is 3.21. The second kappa shape index (κ2) is 4.18.